The Morgan fingerprint density at radius 2 is 1.82 bits per heavy atom. The number of nitrogen functional groups attached to an aromatic ring is 1. The van der Waals surface area contributed by atoms with Crippen LogP contribution < -0.4 is 22.4 Å². The van der Waals surface area contributed by atoms with E-state index in [0.717, 1.165) is 12.0 Å². The maximum absolute atomic E-state index is 13.1. The molecular formula is C31H36FN9O10. The normalized spacial score (nSPS) is 19.5. The summed E-state index contributed by atoms with van der Waals surface area (Å²) in [5, 5.41) is 55.9. The fourth-order valence-electron chi connectivity index (χ4n) is 5.20. The number of carboxylic acids is 2. The lowest BCUT2D eigenvalue weighted by Gasteiger charge is -2.17. The fourth-order valence-corrected chi connectivity index (χ4v) is 5.20. The van der Waals surface area contributed by atoms with Crippen LogP contribution in [0.1, 0.15) is 66.9 Å². The molecule has 1 saturated heterocycles. The standard InChI is InChI=1S/C22H25N7O5.C9H11FN2O5/c1-2-11(9-14-10-25-19-17(26-14)18(23)28-22(24)29-19)12-3-5-13(6-4-12)20(32)27-15(21(33)34)7-8-16(30)31;1-3-5(13)6(14)8(17-3)12-2-4(10)7(15)11-9(12)16/h3-6,10-11,15H,2,7-9H2,1H3,(H,27,32)(H,30,31)(H,33,34)(H4,23,24,25,28,29);2-3,5-6,8,13-14H,1H3,(H,11,15,16)/t11?,15-;3-,5-,6-,8-/m01/s1. The fraction of sp³-hybridized carbons (Fsp3) is 0.387. The van der Waals surface area contributed by atoms with E-state index in [4.69, 9.17) is 26.1 Å². The van der Waals surface area contributed by atoms with E-state index in [9.17, 15) is 38.9 Å². The van der Waals surface area contributed by atoms with Crippen molar-refractivity contribution in [3.05, 3.63) is 75.4 Å². The monoisotopic (exact) mass is 713 g/mol. The zero-order valence-corrected chi connectivity index (χ0v) is 27.2. The van der Waals surface area contributed by atoms with E-state index in [-0.39, 0.29) is 41.4 Å². The van der Waals surface area contributed by atoms with Crippen LogP contribution in [-0.2, 0) is 20.7 Å². The number of aliphatic carboxylic acids is 2. The van der Waals surface area contributed by atoms with Crippen molar-refractivity contribution >= 4 is 34.8 Å². The number of aliphatic hydroxyl groups is 2. The van der Waals surface area contributed by atoms with Gasteiger partial charge >= 0.3 is 17.6 Å². The molecule has 10 N–H and O–H groups in total. The number of amides is 1. The van der Waals surface area contributed by atoms with Gasteiger partial charge in [0.25, 0.3) is 11.8 Å². The van der Waals surface area contributed by atoms with Gasteiger partial charge in [0.15, 0.2) is 11.9 Å². The van der Waals surface area contributed by atoms with Crippen LogP contribution in [0.25, 0.3) is 11.2 Å². The summed E-state index contributed by atoms with van der Waals surface area (Å²) in [6, 6.07) is 5.49. The highest BCUT2D eigenvalue weighted by Gasteiger charge is 2.42. The van der Waals surface area contributed by atoms with Crippen LogP contribution in [0, 0.1) is 11.2 Å². The van der Waals surface area contributed by atoms with Crippen molar-refractivity contribution in [3.8, 4) is 5.88 Å². The molecule has 0 aliphatic carbocycles. The molecule has 4 aromatic rings. The van der Waals surface area contributed by atoms with Gasteiger partial charge in [-0.05, 0) is 49.8 Å². The number of aliphatic hydroxyl groups excluding tert-OH is 2. The van der Waals surface area contributed by atoms with E-state index in [2.05, 4.69) is 30.2 Å². The first-order valence-corrected chi connectivity index (χ1v) is 15.5. The van der Waals surface area contributed by atoms with E-state index >= 15 is 0 Å². The zero-order chi connectivity index (χ0) is 37.6. The number of hydrogen-bond acceptors (Lipinski definition) is 14. The number of aromatic nitrogens is 6. The Labute approximate surface area is 287 Å². The average molecular weight is 714 g/mol. The highest BCUT2D eigenvalue weighted by Crippen LogP contribution is 2.28. The summed E-state index contributed by atoms with van der Waals surface area (Å²) in [4.78, 5) is 64.2. The number of H-pyrrole nitrogens is 1. The van der Waals surface area contributed by atoms with Crippen molar-refractivity contribution in [2.75, 3.05) is 5.73 Å². The number of anilines is 1. The number of halogens is 1. The molecule has 51 heavy (non-hydrogen) atoms. The number of carboxylic acid groups (broad SMARTS) is 2. The summed E-state index contributed by atoms with van der Waals surface area (Å²) in [6.07, 6.45) is -1.43. The number of carbonyl (C=O) groups excluding carboxylic acids is 1. The summed E-state index contributed by atoms with van der Waals surface area (Å²) in [5.41, 5.74) is 7.44. The quantitative estimate of drug-likeness (QED) is 0.0982. The van der Waals surface area contributed by atoms with Gasteiger partial charge in [0.2, 0.25) is 11.4 Å². The number of hydrogen-bond donors (Lipinski definition) is 9. The second-order valence-corrected chi connectivity index (χ2v) is 11.6. The zero-order valence-electron chi connectivity index (χ0n) is 27.2. The smallest absolute Gasteiger partial charge is 0.353 e. The Morgan fingerprint density at radius 1 is 1.14 bits per heavy atom. The number of benzene rings is 1. The van der Waals surface area contributed by atoms with Crippen molar-refractivity contribution in [1.29, 1.82) is 5.41 Å². The minimum absolute atomic E-state index is 0.0693. The first-order chi connectivity index (χ1) is 24.1. The molecule has 3 aromatic heterocycles. The van der Waals surface area contributed by atoms with Gasteiger partial charge in [0, 0.05) is 12.0 Å². The predicted molar refractivity (Wildman–Crippen MR) is 173 cm³/mol. The molecule has 0 radical (unpaired) electrons. The maximum Gasteiger partial charge on any atom is 0.353 e. The molecule has 1 aliphatic heterocycles. The average Bonchev–Trinajstić information content (AvgIpc) is 3.34. The van der Waals surface area contributed by atoms with E-state index in [1.807, 2.05) is 6.92 Å². The Hall–Kier alpha value is -5.86. The summed E-state index contributed by atoms with van der Waals surface area (Å²) < 4.78 is 18.9. The number of ether oxygens (including phenoxy) is 1. The predicted octanol–water partition coefficient (Wildman–Crippen LogP) is -0.0742. The van der Waals surface area contributed by atoms with Gasteiger partial charge in [-0.3, -0.25) is 19.6 Å². The third kappa shape index (κ3) is 9.23. The van der Waals surface area contributed by atoms with E-state index in [0.29, 0.717) is 28.4 Å². The van der Waals surface area contributed by atoms with Crippen molar-refractivity contribution in [2.24, 2.45) is 0 Å². The van der Waals surface area contributed by atoms with E-state index in [1.165, 1.54) is 6.92 Å². The third-order valence-corrected chi connectivity index (χ3v) is 8.01. The van der Waals surface area contributed by atoms with Crippen molar-refractivity contribution in [3.63, 3.8) is 0 Å². The highest BCUT2D eigenvalue weighted by molar-refractivity contribution is 5.96. The van der Waals surface area contributed by atoms with E-state index < -0.39 is 65.8 Å². The van der Waals surface area contributed by atoms with Crippen LogP contribution in [0.3, 0.4) is 0 Å². The second-order valence-electron chi connectivity index (χ2n) is 11.6. The SMILES string of the molecule is CCC(Cc1cnc2nc(=N)[nH]c(N)c2n1)c1ccc(C(=O)N[C@@H](CCC(=O)O)C(=O)O)cc1.C[C@H]1O[C@@H](n2cc(F)c(O)nc2=O)[C@H](O)[C@@H]1O. The van der Waals surface area contributed by atoms with Gasteiger partial charge in [-0.25, -0.2) is 19.6 Å². The number of aromatic hydroxyl groups is 1. The van der Waals surface area contributed by atoms with Crippen molar-refractivity contribution < 1.29 is 49.0 Å². The largest absolute Gasteiger partial charge is 0.491 e. The number of fused-ring (bicyclic) bond motifs is 1. The molecule has 1 fully saturated rings. The summed E-state index contributed by atoms with van der Waals surface area (Å²) in [7, 11) is 0. The van der Waals surface area contributed by atoms with E-state index in [1.54, 1.807) is 30.5 Å². The summed E-state index contributed by atoms with van der Waals surface area (Å²) in [5.74, 6) is -4.87. The lowest BCUT2D eigenvalue weighted by Crippen LogP contribution is -2.41. The molecule has 1 aromatic carbocycles. The lowest BCUT2D eigenvalue weighted by atomic mass is 9.91. The molecule has 0 bridgehead atoms. The molecule has 0 saturated carbocycles. The van der Waals surface area contributed by atoms with Crippen LogP contribution in [0.15, 0.2) is 41.5 Å². The van der Waals surface area contributed by atoms with Gasteiger partial charge < -0.3 is 46.3 Å². The maximum atomic E-state index is 13.1. The topological polar surface area (TPSA) is 313 Å². The summed E-state index contributed by atoms with van der Waals surface area (Å²) in [6.45, 7) is 3.53. The first-order valence-electron chi connectivity index (χ1n) is 15.5. The van der Waals surface area contributed by atoms with Crippen LogP contribution in [0.4, 0.5) is 10.2 Å². The van der Waals surface area contributed by atoms with Crippen LogP contribution in [0.2, 0.25) is 0 Å². The minimum Gasteiger partial charge on any atom is -0.491 e. The number of aromatic amines is 1. The van der Waals surface area contributed by atoms with Crippen molar-refractivity contribution in [1.82, 2.24) is 34.8 Å². The first kappa shape index (κ1) is 38.0. The second kappa shape index (κ2) is 16.2. The van der Waals surface area contributed by atoms with Gasteiger partial charge in [0.1, 0.15) is 29.6 Å². The Morgan fingerprint density at radius 3 is 2.41 bits per heavy atom. The molecule has 5 rings (SSSR count). The number of carbonyl (C=O) groups is 3. The van der Waals surface area contributed by atoms with Gasteiger partial charge in [-0.1, -0.05) is 19.1 Å². The van der Waals surface area contributed by atoms with Crippen LogP contribution in [0.5, 0.6) is 5.88 Å². The molecule has 19 nitrogen and oxygen atoms in total. The van der Waals surface area contributed by atoms with Crippen molar-refractivity contribution in [2.45, 2.75) is 76.0 Å². The molecule has 1 unspecified atom stereocenters. The Balaban J connectivity index is 0.000000286. The third-order valence-electron chi connectivity index (χ3n) is 8.01. The molecule has 0 spiro atoms. The number of nitrogens with one attached hydrogen (secondary N) is 3. The van der Waals surface area contributed by atoms with Crippen LogP contribution >= 0.6 is 0 Å². The molecule has 20 heteroatoms. The minimum atomic E-state index is -1.37. The summed E-state index contributed by atoms with van der Waals surface area (Å²) >= 11 is 0. The number of rotatable bonds is 11. The Kier molecular flexibility index (Phi) is 12.1. The van der Waals surface area contributed by atoms with Gasteiger partial charge in [0.05, 0.1) is 24.2 Å². The number of nitrogens with zero attached hydrogens (tertiary/aromatic N) is 5. The molecule has 1 aliphatic rings. The molecule has 6 atom stereocenters. The van der Waals surface area contributed by atoms with Crippen LogP contribution in [-0.4, -0.2) is 97.2 Å². The molecule has 4 heterocycles. The lowest BCUT2D eigenvalue weighted by molar-refractivity contribution is -0.140. The Bertz CT molecular complexity index is 2020. The van der Waals surface area contributed by atoms with Gasteiger partial charge in [-0.2, -0.15) is 14.4 Å². The molecule has 272 valence electrons. The number of nitrogens with two attached hydrogens (primary N) is 1. The van der Waals surface area contributed by atoms with Gasteiger partial charge in [-0.15, -0.1) is 0 Å². The molecule has 1 amide bonds. The molecular weight excluding hydrogens is 677 g/mol. The highest BCUT2D eigenvalue weighted by atomic mass is 19.1.